The third-order valence-corrected chi connectivity index (χ3v) is 8.41. The van der Waals surface area contributed by atoms with Crippen LogP contribution in [0, 0.1) is 5.82 Å². The lowest BCUT2D eigenvalue weighted by atomic mass is 9.87. The van der Waals surface area contributed by atoms with Crippen LogP contribution in [0.25, 0.3) is 17.1 Å². The van der Waals surface area contributed by atoms with Crippen molar-refractivity contribution in [1.29, 1.82) is 0 Å². The van der Waals surface area contributed by atoms with E-state index in [4.69, 9.17) is 4.98 Å². The third kappa shape index (κ3) is 5.27. The second-order valence-corrected chi connectivity index (χ2v) is 11.1. The van der Waals surface area contributed by atoms with Crippen LogP contribution in [-0.4, -0.2) is 48.9 Å². The number of piperidine rings is 1. The average Bonchev–Trinajstić information content (AvgIpc) is 3.72. The van der Waals surface area contributed by atoms with Crippen molar-refractivity contribution in [2.45, 2.75) is 43.7 Å². The van der Waals surface area contributed by atoms with Gasteiger partial charge in [-0.1, -0.05) is 18.2 Å². The van der Waals surface area contributed by atoms with E-state index in [1.807, 2.05) is 36.4 Å². The average molecular weight is 578 g/mol. The summed E-state index contributed by atoms with van der Waals surface area (Å²) in [5, 5.41) is 22.5. The van der Waals surface area contributed by atoms with Gasteiger partial charge in [0.15, 0.2) is 11.6 Å². The fourth-order valence-electron chi connectivity index (χ4n) is 6.17. The number of hydrogen-bond donors (Lipinski definition) is 4. The van der Waals surface area contributed by atoms with Gasteiger partial charge in [-0.2, -0.15) is 10.2 Å². The number of H-pyrrole nitrogens is 1. The minimum atomic E-state index is -0.474. The summed E-state index contributed by atoms with van der Waals surface area (Å²) in [4.78, 5) is 22.5. The summed E-state index contributed by atoms with van der Waals surface area (Å²) in [7, 11) is 0. The standard InChI is InChI=1S/C32H32FN9O/c33-25-7-1-2-9-28(25)42-27-10-4-8-26(24(27)20-36-42)37-30(43)22-5-3-6-23(19-22)39-32(13-17-35-18-14-32)31-38-29(40-41-31)21-11-15-34-16-12-21/h1-3,5-7,9,11-12,15-16,19-20,26,35,39H,4,8,10,13-14,17-18H2,(H,37,43)(H,38,40,41). The number of carbonyl (C=O) groups excluding carboxylic acids is 1. The van der Waals surface area contributed by atoms with Gasteiger partial charge in [-0.15, -0.1) is 0 Å². The fourth-order valence-corrected chi connectivity index (χ4v) is 6.17. The van der Waals surface area contributed by atoms with Gasteiger partial charge in [-0.3, -0.25) is 14.9 Å². The van der Waals surface area contributed by atoms with Crippen LogP contribution < -0.4 is 16.0 Å². The lowest BCUT2D eigenvalue weighted by Gasteiger charge is -2.37. The van der Waals surface area contributed by atoms with Crippen LogP contribution in [-0.2, 0) is 12.0 Å². The molecule has 43 heavy (non-hydrogen) atoms. The molecule has 2 aromatic carbocycles. The quantitative estimate of drug-likeness (QED) is 0.221. The maximum Gasteiger partial charge on any atom is 0.251 e. The number of aromatic nitrogens is 6. The maximum atomic E-state index is 14.5. The van der Waals surface area contributed by atoms with Gasteiger partial charge in [0.1, 0.15) is 11.5 Å². The van der Waals surface area contributed by atoms with Crippen LogP contribution in [0.1, 0.15) is 59.2 Å². The highest BCUT2D eigenvalue weighted by Crippen LogP contribution is 2.35. The Balaban J connectivity index is 1.11. The number of amides is 1. The van der Waals surface area contributed by atoms with Gasteiger partial charge in [0.25, 0.3) is 5.91 Å². The van der Waals surface area contributed by atoms with Gasteiger partial charge >= 0.3 is 0 Å². The smallest absolute Gasteiger partial charge is 0.251 e. The van der Waals surface area contributed by atoms with Crippen molar-refractivity contribution in [3.05, 3.63) is 108 Å². The second kappa shape index (κ2) is 11.4. The second-order valence-electron chi connectivity index (χ2n) is 11.1. The SMILES string of the molecule is O=C(NC1CCCc2c1cnn2-c1ccccc1F)c1cccc(NC2(c3nc(-c4ccncc4)n[nH]3)CCNCC2)c1. The predicted octanol–water partition coefficient (Wildman–Crippen LogP) is 4.69. The molecule has 11 heteroatoms. The summed E-state index contributed by atoms with van der Waals surface area (Å²) in [5.74, 6) is 0.890. The number of nitrogens with one attached hydrogen (secondary N) is 4. The van der Waals surface area contributed by atoms with Gasteiger partial charge in [0, 0.05) is 40.5 Å². The number of anilines is 1. The lowest BCUT2D eigenvalue weighted by Crippen LogP contribution is -2.46. The molecule has 0 bridgehead atoms. The first kappa shape index (κ1) is 27.0. The maximum absolute atomic E-state index is 14.5. The highest BCUT2D eigenvalue weighted by molar-refractivity contribution is 5.95. The molecule has 4 N–H and O–H groups in total. The molecule has 10 nitrogen and oxygen atoms in total. The van der Waals surface area contributed by atoms with Gasteiger partial charge in [0.2, 0.25) is 0 Å². The number of benzene rings is 2. The van der Waals surface area contributed by atoms with E-state index in [2.05, 4.69) is 36.2 Å². The summed E-state index contributed by atoms with van der Waals surface area (Å²) >= 11 is 0. The van der Waals surface area contributed by atoms with Gasteiger partial charge in [-0.25, -0.2) is 14.1 Å². The van der Waals surface area contributed by atoms with E-state index < -0.39 is 5.54 Å². The van der Waals surface area contributed by atoms with Gasteiger partial charge < -0.3 is 16.0 Å². The Morgan fingerprint density at radius 2 is 1.88 bits per heavy atom. The molecule has 1 aliphatic heterocycles. The van der Waals surface area contributed by atoms with Crippen molar-refractivity contribution < 1.29 is 9.18 Å². The molecule has 4 heterocycles. The topological polar surface area (TPSA) is 125 Å². The molecule has 1 fully saturated rings. The molecule has 7 rings (SSSR count). The zero-order chi connectivity index (χ0) is 29.2. The van der Waals surface area contributed by atoms with E-state index in [1.165, 1.54) is 6.07 Å². The molecule has 1 atom stereocenters. The van der Waals surface area contributed by atoms with Crippen LogP contribution in [0.2, 0.25) is 0 Å². The van der Waals surface area contributed by atoms with Crippen LogP contribution in [0.15, 0.2) is 79.3 Å². The molecule has 2 aliphatic rings. The Kier molecular flexibility index (Phi) is 7.15. The van der Waals surface area contributed by atoms with Crippen molar-refractivity contribution in [1.82, 2.24) is 40.6 Å². The normalized spacial score (nSPS) is 17.7. The molecule has 3 aromatic heterocycles. The molecule has 5 aromatic rings. The monoisotopic (exact) mass is 577 g/mol. The Labute approximate surface area is 248 Å². The van der Waals surface area contributed by atoms with Crippen LogP contribution >= 0.6 is 0 Å². The highest BCUT2D eigenvalue weighted by atomic mass is 19.1. The molecular formula is C32H32FN9O. The number of hydrogen-bond acceptors (Lipinski definition) is 7. The summed E-state index contributed by atoms with van der Waals surface area (Å²) in [5.41, 5.74) is 4.08. The van der Waals surface area contributed by atoms with Crippen molar-refractivity contribution in [3.8, 4) is 17.1 Å². The fraction of sp³-hybridized carbons (Fsp3) is 0.281. The Morgan fingerprint density at radius 1 is 1.05 bits per heavy atom. The van der Waals surface area contributed by atoms with E-state index in [1.54, 1.807) is 41.5 Å². The molecule has 0 spiro atoms. The van der Waals surface area contributed by atoms with Crippen molar-refractivity contribution in [2.24, 2.45) is 0 Å². The lowest BCUT2D eigenvalue weighted by molar-refractivity contribution is 0.0932. The van der Waals surface area contributed by atoms with Crippen LogP contribution in [0.3, 0.4) is 0 Å². The van der Waals surface area contributed by atoms with Crippen molar-refractivity contribution in [2.75, 3.05) is 18.4 Å². The minimum absolute atomic E-state index is 0.167. The molecular weight excluding hydrogens is 545 g/mol. The van der Waals surface area contributed by atoms with E-state index in [9.17, 15) is 9.18 Å². The number of carbonyl (C=O) groups is 1. The number of halogens is 1. The van der Waals surface area contributed by atoms with Crippen LogP contribution in [0.4, 0.5) is 10.1 Å². The number of aromatic amines is 1. The predicted molar refractivity (Wildman–Crippen MR) is 160 cm³/mol. The number of pyridine rings is 1. The van der Waals surface area contributed by atoms with E-state index in [-0.39, 0.29) is 17.8 Å². The zero-order valence-corrected chi connectivity index (χ0v) is 23.6. The summed E-state index contributed by atoms with van der Waals surface area (Å²) in [6, 6.07) is 17.7. The number of rotatable bonds is 7. The van der Waals surface area contributed by atoms with E-state index in [0.717, 1.165) is 73.5 Å². The summed E-state index contributed by atoms with van der Waals surface area (Å²) in [6.07, 6.45) is 9.24. The Hall–Kier alpha value is -4.90. The van der Waals surface area contributed by atoms with Crippen LogP contribution in [0.5, 0.6) is 0 Å². The van der Waals surface area contributed by atoms with Gasteiger partial charge in [-0.05, 0) is 87.7 Å². The minimum Gasteiger partial charge on any atom is -0.373 e. The largest absolute Gasteiger partial charge is 0.373 e. The summed E-state index contributed by atoms with van der Waals surface area (Å²) in [6.45, 7) is 1.64. The Morgan fingerprint density at radius 3 is 2.72 bits per heavy atom. The zero-order valence-electron chi connectivity index (χ0n) is 23.6. The molecule has 1 amide bonds. The highest BCUT2D eigenvalue weighted by Gasteiger charge is 2.37. The number of para-hydroxylation sites is 1. The first-order chi connectivity index (χ1) is 21.1. The van der Waals surface area contributed by atoms with E-state index >= 15 is 0 Å². The molecule has 0 radical (unpaired) electrons. The molecule has 1 saturated heterocycles. The molecule has 1 unspecified atom stereocenters. The first-order valence-corrected chi connectivity index (χ1v) is 14.6. The summed E-state index contributed by atoms with van der Waals surface area (Å²) < 4.78 is 16.2. The van der Waals surface area contributed by atoms with Crippen molar-refractivity contribution >= 4 is 11.6 Å². The first-order valence-electron chi connectivity index (χ1n) is 14.6. The van der Waals surface area contributed by atoms with Gasteiger partial charge in [0.05, 0.1) is 17.8 Å². The number of nitrogens with zero attached hydrogens (tertiary/aromatic N) is 5. The van der Waals surface area contributed by atoms with Crippen molar-refractivity contribution in [3.63, 3.8) is 0 Å². The molecule has 218 valence electrons. The Bertz CT molecular complexity index is 1740. The number of fused-ring (bicyclic) bond motifs is 1. The molecule has 0 saturated carbocycles. The van der Waals surface area contributed by atoms with E-state index in [0.29, 0.717) is 17.1 Å². The molecule has 1 aliphatic carbocycles. The third-order valence-electron chi connectivity index (χ3n) is 8.41.